The molecular weight excluding hydrogens is 423 g/mol. The molecule has 0 bridgehead atoms. The summed E-state index contributed by atoms with van der Waals surface area (Å²) in [5.41, 5.74) is -1.55. The minimum Gasteiger partial charge on any atom is -0.392 e. The van der Waals surface area contributed by atoms with Gasteiger partial charge >= 0.3 is 6.18 Å². The summed E-state index contributed by atoms with van der Waals surface area (Å²) < 4.78 is 66.6. The van der Waals surface area contributed by atoms with Gasteiger partial charge in [-0.05, 0) is 43.7 Å². The molecule has 0 aliphatic heterocycles. The summed E-state index contributed by atoms with van der Waals surface area (Å²) in [6.07, 6.45) is -4.76. The number of anilines is 3. The van der Waals surface area contributed by atoms with Crippen molar-refractivity contribution in [2.45, 2.75) is 32.7 Å². The first-order chi connectivity index (χ1) is 14.5. The lowest BCUT2D eigenvalue weighted by molar-refractivity contribution is -0.141. The molecule has 0 amide bonds. The second kappa shape index (κ2) is 8.76. The third-order valence-electron chi connectivity index (χ3n) is 3.76. The van der Waals surface area contributed by atoms with Crippen LogP contribution in [0.1, 0.15) is 25.1 Å². The van der Waals surface area contributed by atoms with Crippen molar-refractivity contribution in [3.05, 3.63) is 53.2 Å². The van der Waals surface area contributed by atoms with E-state index < -0.39 is 30.1 Å². The second-order valence-corrected chi connectivity index (χ2v) is 6.79. The zero-order chi connectivity index (χ0) is 22.8. The summed E-state index contributed by atoms with van der Waals surface area (Å²) in [5, 5.41) is 14.8. The highest BCUT2D eigenvalue weighted by Crippen LogP contribution is 2.30. The Morgan fingerprint density at radius 1 is 0.903 bits per heavy atom. The lowest BCUT2D eigenvalue weighted by atomic mass is 10.2. The molecule has 0 radical (unpaired) electrons. The molecule has 12 heteroatoms. The van der Waals surface area contributed by atoms with Crippen molar-refractivity contribution in [2.75, 3.05) is 10.6 Å². The second-order valence-electron chi connectivity index (χ2n) is 6.79. The number of nitrogens with one attached hydrogen (secondary N) is 2. The van der Waals surface area contributed by atoms with Crippen molar-refractivity contribution >= 4 is 17.6 Å². The first kappa shape index (κ1) is 22.3. The van der Waals surface area contributed by atoms with Crippen LogP contribution in [0.25, 0.3) is 11.5 Å². The number of aliphatic hydroxyl groups excluding tert-OH is 1. The Labute approximate surface area is 173 Å². The summed E-state index contributed by atoms with van der Waals surface area (Å²) >= 11 is 0. The van der Waals surface area contributed by atoms with Gasteiger partial charge in [0.25, 0.3) is 0 Å². The van der Waals surface area contributed by atoms with Gasteiger partial charge in [0.15, 0.2) is 5.82 Å². The van der Waals surface area contributed by atoms with Crippen LogP contribution in [0.2, 0.25) is 0 Å². The van der Waals surface area contributed by atoms with Gasteiger partial charge in [0.1, 0.15) is 23.0 Å². The Kier molecular flexibility index (Phi) is 6.29. The number of halogens is 5. The Bertz CT molecular complexity index is 1070. The van der Waals surface area contributed by atoms with Crippen LogP contribution in [-0.2, 0) is 12.8 Å². The van der Waals surface area contributed by atoms with Crippen molar-refractivity contribution in [3.63, 3.8) is 0 Å². The van der Waals surface area contributed by atoms with Crippen LogP contribution < -0.4 is 10.6 Å². The number of alkyl halides is 3. The maximum Gasteiger partial charge on any atom is 0.433 e. The van der Waals surface area contributed by atoms with Crippen molar-refractivity contribution < 1.29 is 27.1 Å². The predicted molar refractivity (Wildman–Crippen MR) is 102 cm³/mol. The van der Waals surface area contributed by atoms with Gasteiger partial charge < -0.3 is 15.7 Å². The van der Waals surface area contributed by atoms with Gasteiger partial charge in [0.05, 0.1) is 6.61 Å². The quantitative estimate of drug-likeness (QED) is 0.492. The molecule has 3 aromatic rings. The zero-order valence-electron chi connectivity index (χ0n) is 16.3. The van der Waals surface area contributed by atoms with Crippen LogP contribution >= 0.6 is 0 Å². The van der Waals surface area contributed by atoms with Crippen LogP contribution in [0.4, 0.5) is 39.5 Å². The Morgan fingerprint density at radius 2 is 1.55 bits per heavy atom. The van der Waals surface area contributed by atoms with Gasteiger partial charge in [-0.2, -0.15) is 28.1 Å². The first-order valence-electron chi connectivity index (χ1n) is 8.98. The highest BCUT2D eigenvalue weighted by molar-refractivity contribution is 5.59. The lowest BCUT2D eigenvalue weighted by Gasteiger charge is -2.13. The van der Waals surface area contributed by atoms with Crippen LogP contribution in [0.15, 0.2) is 30.3 Å². The largest absolute Gasteiger partial charge is 0.433 e. The Hall–Kier alpha value is -3.41. The summed E-state index contributed by atoms with van der Waals surface area (Å²) in [6, 6.07) is 4.45. The maximum atomic E-state index is 13.5. The molecule has 0 saturated carbocycles. The van der Waals surface area contributed by atoms with E-state index >= 15 is 0 Å². The minimum absolute atomic E-state index is 0.00383. The number of rotatable bonds is 6. The molecular formula is C19H17F5N6O. The van der Waals surface area contributed by atoms with Gasteiger partial charge in [-0.1, -0.05) is 0 Å². The normalized spacial score (nSPS) is 11.6. The highest BCUT2D eigenvalue weighted by atomic mass is 19.4. The van der Waals surface area contributed by atoms with Gasteiger partial charge in [-0.15, -0.1) is 0 Å². The van der Waals surface area contributed by atoms with Crippen molar-refractivity contribution in [3.8, 4) is 11.5 Å². The maximum absolute atomic E-state index is 13.5. The minimum atomic E-state index is -4.76. The van der Waals surface area contributed by atoms with Crippen molar-refractivity contribution in [2.24, 2.45) is 0 Å². The number of nitrogens with zero attached hydrogens (tertiary/aromatic N) is 4. The lowest BCUT2D eigenvalue weighted by Crippen LogP contribution is -2.15. The van der Waals surface area contributed by atoms with Crippen LogP contribution in [0, 0.1) is 11.6 Å². The van der Waals surface area contributed by atoms with E-state index in [2.05, 4.69) is 30.6 Å². The summed E-state index contributed by atoms with van der Waals surface area (Å²) in [6.45, 7) is 2.91. The standard InChI is InChI=1S/C19H17F5N6O/c1-9(2)25-17-28-16(14-3-10(8-31)4-15(27-14)19(22,23)24)29-18(30-17)26-13-6-11(20)5-12(21)7-13/h3-7,9,31H,8H2,1-2H3,(H2,25,26,28,29,30). The van der Waals surface area contributed by atoms with Crippen LogP contribution in [-0.4, -0.2) is 31.1 Å². The van der Waals surface area contributed by atoms with Crippen molar-refractivity contribution in [1.82, 2.24) is 19.9 Å². The average Bonchev–Trinajstić information content (AvgIpc) is 2.65. The SMILES string of the molecule is CC(C)Nc1nc(Nc2cc(F)cc(F)c2)nc(-c2cc(CO)cc(C(F)(F)F)n2)n1. The van der Waals surface area contributed by atoms with E-state index in [0.29, 0.717) is 12.1 Å². The molecule has 7 nitrogen and oxygen atoms in total. The number of hydrogen-bond donors (Lipinski definition) is 3. The molecule has 1 aromatic carbocycles. The molecule has 0 saturated heterocycles. The number of pyridine rings is 1. The molecule has 3 rings (SSSR count). The Morgan fingerprint density at radius 3 is 2.13 bits per heavy atom. The van der Waals surface area contributed by atoms with E-state index in [1.165, 1.54) is 6.07 Å². The average molecular weight is 440 g/mol. The first-order valence-corrected chi connectivity index (χ1v) is 8.98. The van der Waals surface area contributed by atoms with E-state index in [1.807, 2.05) is 0 Å². The molecule has 0 fully saturated rings. The van der Waals surface area contributed by atoms with E-state index in [1.54, 1.807) is 13.8 Å². The van der Waals surface area contributed by atoms with E-state index in [0.717, 1.165) is 12.1 Å². The van der Waals surface area contributed by atoms with Gasteiger partial charge in [0, 0.05) is 17.8 Å². The summed E-state index contributed by atoms with van der Waals surface area (Å²) in [5.74, 6) is -2.10. The number of hydrogen-bond acceptors (Lipinski definition) is 7. The van der Waals surface area contributed by atoms with Crippen LogP contribution in [0.5, 0.6) is 0 Å². The molecule has 0 aliphatic rings. The van der Waals surface area contributed by atoms with Crippen LogP contribution in [0.3, 0.4) is 0 Å². The topological polar surface area (TPSA) is 95.9 Å². The molecule has 2 aromatic heterocycles. The molecule has 0 unspecified atom stereocenters. The number of aromatic nitrogens is 4. The number of aliphatic hydroxyl groups is 1. The van der Waals surface area contributed by atoms with Gasteiger partial charge in [-0.3, -0.25) is 0 Å². The van der Waals surface area contributed by atoms with E-state index in [-0.39, 0.29) is 40.7 Å². The fraction of sp³-hybridized carbons (Fsp3) is 0.263. The molecule has 164 valence electrons. The highest BCUT2D eigenvalue weighted by Gasteiger charge is 2.33. The molecule has 0 aliphatic carbocycles. The molecule has 0 atom stereocenters. The molecule has 2 heterocycles. The molecule has 3 N–H and O–H groups in total. The van der Waals surface area contributed by atoms with Gasteiger partial charge in [0.2, 0.25) is 11.9 Å². The monoisotopic (exact) mass is 440 g/mol. The smallest absolute Gasteiger partial charge is 0.392 e. The molecule has 0 spiro atoms. The third-order valence-corrected chi connectivity index (χ3v) is 3.76. The fourth-order valence-electron chi connectivity index (χ4n) is 2.56. The van der Waals surface area contributed by atoms with Gasteiger partial charge in [-0.25, -0.2) is 13.8 Å². The van der Waals surface area contributed by atoms with Crippen molar-refractivity contribution in [1.29, 1.82) is 0 Å². The summed E-state index contributed by atoms with van der Waals surface area (Å²) in [7, 11) is 0. The fourth-order valence-corrected chi connectivity index (χ4v) is 2.56. The third kappa shape index (κ3) is 5.81. The number of benzene rings is 1. The molecule has 31 heavy (non-hydrogen) atoms. The summed E-state index contributed by atoms with van der Waals surface area (Å²) in [4.78, 5) is 15.8. The Balaban J connectivity index is 2.10. The van der Waals surface area contributed by atoms with E-state index in [9.17, 15) is 27.1 Å². The van der Waals surface area contributed by atoms with E-state index in [4.69, 9.17) is 0 Å². The predicted octanol–water partition coefficient (Wildman–Crippen LogP) is 4.29. The zero-order valence-corrected chi connectivity index (χ0v) is 16.3.